The van der Waals surface area contributed by atoms with E-state index in [1.165, 1.54) is 25.0 Å². The highest BCUT2D eigenvalue weighted by Crippen LogP contribution is 2.21. The number of pyridine rings is 1. The summed E-state index contributed by atoms with van der Waals surface area (Å²) in [4.78, 5) is 4.65. The third-order valence-electron chi connectivity index (χ3n) is 3.24. The Bertz CT molecular complexity index is 322. The van der Waals surface area contributed by atoms with Crippen LogP contribution in [-0.2, 0) is 0 Å². The third-order valence-corrected chi connectivity index (χ3v) is 3.24. The summed E-state index contributed by atoms with van der Waals surface area (Å²) in [6, 6.07) is 6.71. The minimum absolute atomic E-state index is 0.407. The molecule has 0 aliphatic heterocycles. The van der Waals surface area contributed by atoms with E-state index in [1.807, 2.05) is 0 Å². The molecule has 0 saturated carbocycles. The first-order valence-corrected chi connectivity index (χ1v) is 6.84. The monoisotopic (exact) mass is 234 g/mol. The van der Waals surface area contributed by atoms with Crippen molar-refractivity contribution in [2.24, 2.45) is 5.92 Å². The van der Waals surface area contributed by atoms with E-state index in [0.717, 1.165) is 18.2 Å². The van der Waals surface area contributed by atoms with Crippen LogP contribution in [0.25, 0.3) is 0 Å². The summed E-state index contributed by atoms with van der Waals surface area (Å²) >= 11 is 0. The Morgan fingerprint density at radius 3 is 2.65 bits per heavy atom. The molecule has 0 fully saturated rings. The van der Waals surface area contributed by atoms with E-state index in [9.17, 15) is 0 Å². The van der Waals surface area contributed by atoms with Crippen LogP contribution in [0, 0.1) is 12.8 Å². The van der Waals surface area contributed by atoms with Crippen LogP contribution in [0.2, 0.25) is 0 Å². The Labute approximate surface area is 106 Å². The molecular formula is C15H26N2. The van der Waals surface area contributed by atoms with Crippen LogP contribution in [0.3, 0.4) is 0 Å². The van der Waals surface area contributed by atoms with Gasteiger partial charge in [-0.05, 0) is 44.4 Å². The zero-order valence-corrected chi connectivity index (χ0v) is 11.7. The first-order chi connectivity index (χ1) is 8.17. The van der Waals surface area contributed by atoms with Crippen LogP contribution in [0.5, 0.6) is 0 Å². The van der Waals surface area contributed by atoms with Gasteiger partial charge in [0.1, 0.15) is 0 Å². The van der Waals surface area contributed by atoms with E-state index in [0.29, 0.717) is 6.04 Å². The predicted octanol–water partition coefficient (Wildman–Crippen LogP) is 3.87. The molecule has 17 heavy (non-hydrogen) atoms. The van der Waals surface area contributed by atoms with E-state index in [-0.39, 0.29) is 0 Å². The summed E-state index contributed by atoms with van der Waals surface area (Å²) in [5.41, 5.74) is 2.30. The summed E-state index contributed by atoms with van der Waals surface area (Å²) in [5, 5.41) is 3.62. The Morgan fingerprint density at radius 1 is 1.29 bits per heavy atom. The molecule has 1 rings (SSSR count). The largest absolute Gasteiger partial charge is 0.309 e. The van der Waals surface area contributed by atoms with Crippen molar-refractivity contribution < 1.29 is 0 Å². The fraction of sp³-hybridized carbons (Fsp3) is 0.667. The van der Waals surface area contributed by atoms with Crippen molar-refractivity contribution in [3.05, 3.63) is 29.6 Å². The zero-order valence-electron chi connectivity index (χ0n) is 11.7. The summed E-state index contributed by atoms with van der Waals surface area (Å²) in [5.74, 6) is 0.742. The first-order valence-electron chi connectivity index (χ1n) is 6.84. The second-order valence-corrected chi connectivity index (χ2v) is 4.96. The van der Waals surface area contributed by atoms with Crippen LogP contribution >= 0.6 is 0 Å². The van der Waals surface area contributed by atoms with E-state index >= 15 is 0 Å². The Balaban J connectivity index is 2.74. The zero-order chi connectivity index (χ0) is 12.7. The van der Waals surface area contributed by atoms with Crippen LogP contribution in [0.15, 0.2) is 18.2 Å². The second kappa shape index (κ2) is 7.44. The van der Waals surface area contributed by atoms with Gasteiger partial charge in [-0.15, -0.1) is 0 Å². The predicted molar refractivity (Wildman–Crippen MR) is 74.1 cm³/mol. The first kappa shape index (κ1) is 14.2. The lowest BCUT2D eigenvalue weighted by Crippen LogP contribution is -2.25. The number of aromatic nitrogens is 1. The molecule has 1 aromatic heterocycles. The van der Waals surface area contributed by atoms with Gasteiger partial charge in [0.05, 0.1) is 5.69 Å². The molecule has 1 heterocycles. The van der Waals surface area contributed by atoms with Crippen molar-refractivity contribution in [1.29, 1.82) is 0 Å². The lowest BCUT2D eigenvalue weighted by molar-refractivity contribution is 0.396. The van der Waals surface area contributed by atoms with E-state index in [2.05, 4.69) is 56.2 Å². The summed E-state index contributed by atoms with van der Waals surface area (Å²) in [7, 11) is 0. The maximum atomic E-state index is 4.65. The minimum atomic E-state index is 0.407. The van der Waals surface area contributed by atoms with Crippen LogP contribution in [-0.4, -0.2) is 11.5 Å². The fourth-order valence-electron chi connectivity index (χ4n) is 1.95. The molecule has 2 heteroatoms. The van der Waals surface area contributed by atoms with Crippen LogP contribution < -0.4 is 5.32 Å². The van der Waals surface area contributed by atoms with Gasteiger partial charge >= 0.3 is 0 Å². The van der Waals surface area contributed by atoms with E-state index < -0.39 is 0 Å². The van der Waals surface area contributed by atoms with Crippen molar-refractivity contribution in [3.63, 3.8) is 0 Å². The number of nitrogens with zero attached hydrogens (tertiary/aromatic N) is 1. The van der Waals surface area contributed by atoms with Gasteiger partial charge in [0, 0.05) is 11.7 Å². The van der Waals surface area contributed by atoms with E-state index in [1.54, 1.807) is 0 Å². The van der Waals surface area contributed by atoms with Gasteiger partial charge in [0.15, 0.2) is 0 Å². The molecule has 0 radical (unpaired) electrons. The van der Waals surface area contributed by atoms with Crippen molar-refractivity contribution in [2.45, 2.75) is 53.0 Å². The molecule has 0 amide bonds. The standard InChI is InChI=1S/C15H26N2/c1-5-10-16-15(11-12(3)6-2)14-9-7-8-13(4)17-14/h7-9,12,15-16H,5-6,10-11H2,1-4H3. The lowest BCUT2D eigenvalue weighted by atomic mass is 9.96. The van der Waals surface area contributed by atoms with Crippen LogP contribution in [0.4, 0.5) is 0 Å². The van der Waals surface area contributed by atoms with Gasteiger partial charge in [-0.3, -0.25) is 4.98 Å². The molecule has 1 aromatic rings. The van der Waals surface area contributed by atoms with Crippen molar-refractivity contribution in [3.8, 4) is 0 Å². The lowest BCUT2D eigenvalue weighted by Gasteiger charge is -2.21. The molecule has 1 N–H and O–H groups in total. The Morgan fingerprint density at radius 2 is 2.06 bits per heavy atom. The SMILES string of the molecule is CCCNC(CC(C)CC)c1cccc(C)n1. The second-order valence-electron chi connectivity index (χ2n) is 4.96. The smallest absolute Gasteiger partial charge is 0.0576 e. The van der Waals surface area contributed by atoms with E-state index in [4.69, 9.17) is 0 Å². The number of rotatable bonds is 7. The summed E-state index contributed by atoms with van der Waals surface area (Å²) in [6.07, 6.45) is 3.58. The highest BCUT2D eigenvalue weighted by molar-refractivity contribution is 5.13. The van der Waals surface area contributed by atoms with Gasteiger partial charge < -0.3 is 5.32 Å². The summed E-state index contributed by atoms with van der Waals surface area (Å²) < 4.78 is 0. The Hall–Kier alpha value is -0.890. The van der Waals surface area contributed by atoms with Crippen molar-refractivity contribution in [2.75, 3.05) is 6.54 Å². The highest BCUT2D eigenvalue weighted by Gasteiger charge is 2.14. The molecule has 0 saturated heterocycles. The molecule has 0 spiro atoms. The fourth-order valence-corrected chi connectivity index (χ4v) is 1.95. The third kappa shape index (κ3) is 4.86. The average Bonchev–Trinajstić information content (AvgIpc) is 2.34. The number of hydrogen-bond acceptors (Lipinski definition) is 2. The van der Waals surface area contributed by atoms with Gasteiger partial charge in [0.2, 0.25) is 0 Å². The molecule has 0 aliphatic carbocycles. The summed E-state index contributed by atoms with van der Waals surface area (Å²) in [6.45, 7) is 9.90. The van der Waals surface area contributed by atoms with Crippen LogP contribution in [0.1, 0.15) is 57.5 Å². The maximum absolute atomic E-state index is 4.65. The molecule has 2 unspecified atom stereocenters. The highest BCUT2D eigenvalue weighted by atomic mass is 14.9. The molecule has 2 nitrogen and oxygen atoms in total. The van der Waals surface area contributed by atoms with Gasteiger partial charge in [-0.1, -0.05) is 33.3 Å². The molecule has 2 atom stereocenters. The van der Waals surface area contributed by atoms with Gasteiger partial charge in [0.25, 0.3) is 0 Å². The topological polar surface area (TPSA) is 24.9 Å². The van der Waals surface area contributed by atoms with Gasteiger partial charge in [-0.25, -0.2) is 0 Å². The Kier molecular flexibility index (Phi) is 6.20. The molecule has 0 aromatic carbocycles. The normalized spacial score (nSPS) is 14.6. The number of nitrogens with one attached hydrogen (secondary N) is 1. The minimum Gasteiger partial charge on any atom is -0.309 e. The van der Waals surface area contributed by atoms with Crippen molar-refractivity contribution >= 4 is 0 Å². The average molecular weight is 234 g/mol. The van der Waals surface area contributed by atoms with Crippen molar-refractivity contribution in [1.82, 2.24) is 10.3 Å². The molecular weight excluding hydrogens is 208 g/mol. The number of hydrogen-bond donors (Lipinski definition) is 1. The maximum Gasteiger partial charge on any atom is 0.0576 e. The molecule has 96 valence electrons. The van der Waals surface area contributed by atoms with Gasteiger partial charge in [-0.2, -0.15) is 0 Å². The molecule has 0 bridgehead atoms. The quantitative estimate of drug-likeness (QED) is 0.774. The molecule has 0 aliphatic rings. The number of aryl methyl sites for hydroxylation is 1.